The van der Waals surface area contributed by atoms with Crippen LogP contribution in [0.4, 0.5) is 0 Å². The lowest BCUT2D eigenvalue weighted by Crippen LogP contribution is -2.29. The zero-order valence-corrected chi connectivity index (χ0v) is 11.2. The van der Waals surface area contributed by atoms with Crippen LogP contribution in [0.3, 0.4) is 0 Å². The van der Waals surface area contributed by atoms with E-state index in [-0.39, 0.29) is 6.04 Å². The molecule has 0 fully saturated rings. The second kappa shape index (κ2) is 5.22. The summed E-state index contributed by atoms with van der Waals surface area (Å²) in [6, 6.07) is 11.3. The minimum atomic E-state index is 0.217. The molecule has 1 atom stereocenters. The van der Waals surface area contributed by atoms with Crippen molar-refractivity contribution in [1.82, 2.24) is 5.43 Å². The van der Waals surface area contributed by atoms with Crippen LogP contribution in [-0.4, -0.2) is 0 Å². The van der Waals surface area contributed by atoms with E-state index in [0.29, 0.717) is 0 Å². The molecule has 3 heteroatoms. The van der Waals surface area contributed by atoms with Gasteiger partial charge in [-0.1, -0.05) is 24.3 Å². The quantitative estimate of drug-likeness (QED) is 0.653. The molecule has 1 aliphatic rings. The normalized spacial score (nSPS) is 15.6. The van der Waals surface area contributed by atoms with Crippen LogP contribution in [0.15, 0.2) is 35.7 Å². The zero-order chi connectivity index (χ0) is 12.4. The van der Waals surface area contributed by atoms with E-state index in [2.05, 4.69) is 41.1 Å². The molecule has 3 N–H and O–H groups in total. The van der Waals surface area contributed by atoms with Crippen molar-refractivity contribution in [1.29, 1.82) is 0 Å². The Hall–Kier alpha value is -1.16. The molecule has 0 aliphatic heterocycles. The Morgan fingerprint density at radius 1 is 1.22 bits per heavy atom. The first-order valence-electron chi connectivity index (χ1n) is 6.47. The van der Waals surface area contributed by atoms with E-state index < -0.39 is 0 Å². The number of fused-ring (bicyclic) bond motifs is 1. The Morgan fingerprint density at radius 3 is 2.89 bits per heavy atom. The van der Waals surface area contributed by atoms with Crippen LogP contribution in [-0.2, 0) is 19.3 Å². The van der Waals surface area contributed by atoms with E-state index in [9.17, 15) is 0 Å². The Bertz CT molecular complexity index is 519. The number of nitrogens with one attached hydrogen (secondary N) is 1. The van der Waals surface area contributed by atoms with Gasteiger partial charge < -0.3 is 0 Å². The topological polar surface area (TPSA) is 38.0 Å². The van der Waals surface area contributed by atoms with Crippen molar-refractivity contribution >= 4 is 11.3 Å². The molecule has 1 aromatic carbocycles. The largest absolute Gasteiger partial charge is 0.271 e. The Labute approximate surface area is 112 Å². The summed E-state index contributed by atoms with van der Waals surface area (Å²) in [6.45, 7) is 0. The monoisotopic (exact) mass is 258 g/mol. The molecule has 18 heavy (non-hydrogen) atoms. The standard InChI is InChI=1S/C15H18N2S/c16-17-15(10-14-5-2-8-18-14)13-7-6-11-3-1-4-12(11)9-13/h2,5-9,15,17H,1,3-4,10,16H2. The summed E-state index contributed by atoms with van der Waals surface area (Å²) >= 11 is 1.79. The maximum atomic E-state index is 5.72. The van der Waals surface area contributed by atoms with Crippen molar-refractivity contribution in [3.8, 4) is 0 Å². The SMILES string of the molecule is NNC(Cc1cccs1)c1ccc2c(c1)CCC2. The van der Waals surface area contributed by atoms with Gasteiger partial charge in [0.2, 0.25) is 0 Å². The lowest BCUT2D eigenvalue weighted by atomic mass is 9.99. The molecule has 0 amide bonds. The van der Waals surface area contributed by atoms with Crippen LogP contribution in [0, 0.1) is 0 Å². The van der Waals surface area contributed by atoms with E-state index in [1.807, 2.05) is 0 Å². The number of aryl methyl sites for hydroxylation is 2. The third-order valence-electron chi connectivity index (χ3n) is 3.71. The summed E-state index contributed by atoms with van der Waals surface area (Å²) in [4.78, 5) is 1.37. The molecule has 0 saturated carbocycles. The average Bonchev–Trinajstić information content (AvgIpc) is 3.06. The van der Waals surface area contributed by atoms with Gasteiger partial charge in [0.15, 0.2) is 0 Å². The first-order valence-corrected chi connectivity index (χ1v) is 7.35. The highest BCUT2D eigenvalue weighted by atomic mass is 32.1. The van der Waals surface area contributed by atoms with Crippen LogP contribution in [0.2, 0.25) is 0 Å². The Balaban J connectivity index is 1.83. The minimum Gasteiger partial charge on any atom is -0.271 e. The number of hydrogen-bond donors (Lipinski definition) is 2. The molecule has 1 unspecified atom stereocenters. The van der Waals surface area contributed by atoms with Gasteiger partial charge in [-0.2, -0.15) is 0 Å². The maximum absolute atomic E-state index is 5.72. The molecule has 94 valence electrons. The minimum absolute atomic E-state index is 0.217. The molecule has 0 spiro atoms. The van der Waals surface area contributed by atoms with Crippen LogP contribution in [0.25, 0.3) is 0 Å². The van der Waals surface area contributed by atoms with Crippen LogP contribution in [0.1, 0.15) is 34.0 Å². The third-order valence-corrected chi connectivity index (χ3v) is 4.61. The summed E-state index contributed by atoms with van der Waals surface area (Å²) in [5.74, 6) is 5.72. The summed E-state index contributed by atoms with van der Waals surface area (Å²) in [7, 11) is 0. The third kappa shape index (κ3) is 2.34. The van der Waals surface area contributed by atoms with Gasteiger partial charge >= 0.3 is 0 Å². The molecule has 1 heterocycles. The lowest BCUT2D eigenvalue weighted by molar-refractivity contribution is 0.555. The van der Waals surface area contributed by atoms with Gasteiger partial charge in [-0.3, -0.25) is 11.3 Å². The molecule has 0 radical (unpaired) electrons. The lowest BCUT2D eigenvalue weighted by Gasteiger charge is -2.16. The van der Waals surface area contributed by atoms with Gasteiger partial charge in [0.25, 0.3) is 0 Å². The first-order chi connectivity index (χ1) is 8.86. The van der Waals surface area contributed by atoms with E-state index in [0.717, 1.165) is 6.42 Å². The number of hydrogen-bond acceptors (Lipinski definition) is 3. The van der Waals surface area contributed by atoms with Gasteiger partial charge in [0, 0.05) is 11.3 Å². The van der Waals surface area contributed by atoms with Crippen molar-refractivity contribution in [2.75, 3.05) is 0 Å². The number of nitrogens with two attached hydrogens (primary N) is 1. The summed E-state index contributed by atoms with van der Waals surface area (Å²) in [5, 5.41) is 2.12. The van der Waals surface area contributed by atoms with Crippen molar-refractivity contribution in [3.05, 3.63) is 57.3 Å². The summed E-state index contributed by atoms with van der Waals surface area (Å²) < 4.78 is 0. The number of hydrazine groups is 1. The molecule has 1 aromatic heterocycles. The Morgan fingerprint density at radius 2 is 2.11 bits per heavy atom. The average molecular weight is 258 g/mol. The van der Waals surface area contributed by atoms with E-state index in [1.54, 1.807) is 11.3 Å². The second-order valence-corrected chi connectivity index (χ2v) is 5.92. The second-order valence-electron chi connectivity index (χ2n) is 4.88. The van der Waals surface area contributed by atoms with Crippen molar-refractivity contribution in [2.45, 2.75) is 31.7 Å². The van der Waals surface area contributed by atoms with Gasteiger partial charge in [-0.15, -0.1) is 11.3 Å². The molecule has 3 rings (SSSR count). The molecular weight excluding hydrogens is 240 g/mol. The van der Waals surface area contributed by atoms with Gasteiger partial charge in [0.05, 0.1) is 6.04 Å². The van der Waals surface area contributed by atoms with E-state index in [4.69, 9.17) is 5.84 Å². The number of benzene rings is 1. The predicted octanol–water partition coefficient (Wildman–Crippen LogP) is 2.98. The number of rotatable bonds is 4. The van der Waals surface area contributed by atoms with Crippen molar-refractivity contribution < 1.29 is 0 Å². The molecule has 0 saturated heterocycles. The van der Waals surface area contributed by atoms with Gasteiger partial charge in [-0.25, -0.2) is 0 Å². The predicted molar refractivity (Wildman–Crippen MR) is 76.6 cm³/mol. The highest BCUT2D eigenvalue weighted by Crippen LogP contribution is 2.27. The van der Waals surface area contributed by atoms with Crippen molar-refractivity contribution in [2.24, 2.45) is 5.84 Å². The van der Waals surface area contributed by atoms with Crippen LogP contribution < -0.4 is 11.3 Å². The number of thiophene rings is 1. The van der Waals surface area contributed by atoms with Crippen LogP contribution >= 0.6 is 11.3 Å². The van der Waals surface area contributed by atoms with E-state index >= 15 is 0 Å². The molecule has 2 aromatic rings. The maximum Gasteiger partial charge on any atom is 0.0508 e. The molecule has 1 aliphatic carbocycles. The van der Waals surface area contributed by atoms with Gasteiger partial charge in [-0.05, 0) is 47.4 Å². The van der Waals surface area contributed by atoms with Crippen LogP contribution in [0.5, 0.6) is 0 Å². The highest BCUT2D eigenvalue weighted by molar-refractivity contribution is 7.09. The zero-order valence-electron chi connectivity index (χ0n) is 10.4. The van der Waals surface area contributed by atoms with Gasteiger partial charge in [0.1, 0.15) is 0 Å². The molecule has 0 bridgehead atoms. The fourth-order valence-corrected chi connectivity index (χ4v) is 3.46. The van der Waals surface area contributed by atoms with Crippen molar-refractivity contribution in [3.63, 3.8) is 0 Å². The fourth-order valence-electron chi connectivity index (χ4n) is 2.71. The molecule has 2 nitrogen and oxygen atoms in total. The smallest absolute Gasteiger partial charge is 0.0508 e. The summed E-state index contributed by atoms with van der Waals surface area (Å²) in [5.41, 5.74) is 7.30. The highest BCUT2D eigenvalue weighted by Gasteiger charge is 2.15. The molecular formula is C15H18N2S. The fraction of sp³-hybridized carbons (Fsp3) is 0.333. The first kappa shape index (κ1) is 11.9. The van der Waals surface area contributed by atoms with E-state index in [1.165, 1.54) is 40.8 Å². The summed E-state index contributed by atoms with van der Waals surface area (Å²) in [6.07, 6.45) is 4.72. The Kier molecular flexibility index (Phi) is 3.46.